The van der Waals surface area contributed by atoms with Gasteiger partial charge in [0.1, 0.15) is 22.7 Å². The van der Waals surface area contributed by atoms with Gasteiger partial charge in [-0.25, -0.2) is 14.6 Å². The standard InChI is InChI=1S/C22H28N4O7S2.Na.H/c1-10(2)6-12(13-9-35-20(23-13)25-21(32)33-22(3,4)5)16(28)24-14-17(29)26-15(19(30)31)11(7-27)8-34-18(14)26;;/h6,9-10,14,18,27H,7-8H2,1-5H3,(H,24,28)(H,30,31)(H,23,25,32);;/q;+1;-1/b12-6+;;/t14-,18-;;/m1../s1. The summed E-state index contributed by atoms with van der Waals surface area (Å²) >= 11 is 2.39. The zero-order valence-electron chi connectivity index (χ0n) is 21.9. The quantitative estimate of drug-likeness (QED) is 0.198. The molecule has 1 saturated heterocycles. The molecule has 0 unspecified atom stereocenters. The number of ether oxygens (including phenoxy) is 1. The van der Waals surface area contributed by atoms with Crippen molar-refractivity contribution >= 4 is 57.7 Å². The second kappa shape index (κ2) is 12.1. The molecule has 1 aromatic rings. The van der Waals surface area contributed by atoms with E-state index in [4.69, 9.17) is 4.74 Å². The number of nitrogens with zero attached hydrogens (tertiary/aromatic N) is 2. The van der Waals surface area contributed by atoms with E-state index < -0.39 is 47.5 Å². The minimum Gasteiger partial charge on any atom is -1.00 e. The maximum atomic E-state index is 13.2. The number of aromatic nitrogens is 1. The molecule has 2 aliphatic heterocycles. The van der Waals surface area contributed by atoms with Gasteiger partial charge in [0.05, 0.1) is 17.9 Å². The van der Waals surface area contributed by atoms with Gasteiger partial charge in [0.2, 0.25) is 0 Å². The number of carboxylic acid groups (broad SMARTS) is 1. The van der Waals surface area contributed by atoms with Crippen molar-refractivity contribution in [3.8, 4) is 0 Å². The van der Waals surface area contributed by atoms with Gasteiger partial charge in [0.25, 0.3) is 11.8 Å². The van der Waals surface area contributed by atoms with E-state index in [1.807, 2.05) is 13.8 Å². The van der Waals surface area contributed by atoms with Gasteiger partial charge in [0, 0.05) is 11.1 Å². The second-order valence-corrected chi connectivity index (χ2v) is 11.2. The normalized spacial score (nSPS) is 19.8. The Morgan fingerprint density at radius 1 is 1.36 bits per heavy atom. The summed E-state index contributed by atoms with van der Waals surface area (Å²) in [5.41, 5.74) is -0.112. The molecule has 3 rings (SSSR count). The molecule has 0 radical (unpaired) electrons. The van der Waals surface area contributed by atoms with Crippen molar-refractivity contribution in [2.75, 3.05) is 17.7 Å². The number of carbonyl (C=O) groups excluding carboxylic acids is 3. The third kappa shape index (κ3) is 6.90. The van der Waals surface area contributed by atoms with E-state index in [0.717, 1.165) is 16.2 Å². The molecule has 3 amide bonds. The number of rotatable bonds is 7. The topological polar surface area (TPSA) is 158 Å². The van der Waals surface area contributed by atoms with Crippen LogP contribution in [0.1, 0.15) is 41.7 Å². The van der Waals surface area contributed by atoms with E-state index in [2.05, 4.69) is 15.6 Å². The van der Waals surface area contributed by atoms with Crippen LogP contribution in [0.4, 0.5) is 9.93 Å². The van der Waals surface area contributed by atoms with Crippen LogP contribution < -0.4 is 40.2 Å². The zero-order chi connectivity index (χ0) is 26.1. The fourth-order valence-electron chi connectivity index (χ4n) is 3.48. The number of fused-ring (bicyclic) bond motifs is 1. The first-order chi connectivity index (χ1) is 16.3. The number of carboxylic acids is 1. The average Bonchev–Trinajstić information content (AvgIpc) is 3.20. The van der Waals surface area contributed by atoms with Gasteiger partial charge in [-0.3, -0.25) is 19.8 Å². The molecular formula is C22H29N4NaO7S2. The number of amides is 3. The molecule has 14 heteroatoms. The largest absolute Gasteiger partial charge is 1.00 e. The number of hydrogen-bond acceptors (Lipinski definition) is 9. The van der Waals surface area contributed by atoms with Gasteiger partial charge < -0.3 is 21.7 Å². The monoisotopic (exact) mass is 548 g/mol. The predicted octanol–water partition coefficient (Wildman–Crippen LogP) is -0.623. The third-order valence-electron chi connectivity index (χ3n) is 4.86. The Bertz CT molecular complexity index is 1120. The van der Waals surface area contributed by atoms with E-state index in [-0.39, 0.29) is 64.6 Å². The van der Waals surface area contributed by atoms with Gasteiger partial charge in [-0.2, -0.15) is 0 Å². The molecule has 192 valence electrons. The molecule has 4 N–H and O–H groups in total. The molecule has 0 saturated carbocycles. The fraction of sp³-hybridized carbons (Fsp3) is 0.500. The van der Waals surface area contributed by atoms with Crippen LogP contribution in [0, 0.1) is 5.92 Å². The number of hydrogen-bond donors (Lipinski definition) is 4. The first-order valence-corrected chi connectivity index (χ1v) is 12.7. The number of aliphatic hydroxyl groups excluding tert-OH is 1. The Balaban J connectivity index is 0.00000342. The van der Waals surface area contributed by atoms with Crippen molar-refractivity contribution in [1.82, 2.24) is 15.2 Å². The molecular weight excluding hydrogens is 519 g/mol. The van der Waals surface area contributed by atoms with Crippen LogP contribution in [0.5, 0.6) is 0 Å². The Labute approximate surface area is 240 Å². The summed E-state index contributed by atoms with van der Waals surface area (Å²) in [6, 6.07) is -0.921. The smallest absolute Gasteiger partial charge is 1.00 e. The number of nitrogens with one attached hydrogen (secondary N) is 2. The molecule has 1 aromatic heterocycles. The van der Waals surface area contributed by atoms with Crippen LogP contribution >= 0.6 is 23.1 Å². The summed E-state index contributed by atoms with van der Waals surface area (Å²) in [6.07, 6.45) is 1.03. The summed E-state index contributed by atoms with van der Waals surface area (Å²) in [4.78, 5) is 55.0. The molecule has 36 heavy (non-hydrogen) atoms. The molecule has 3 heterocycles. The summed E-state index contributed by atoms with van der Waals surface area (Å²) in [5.74, 6) is -2.19. The Morgan fingerprint density at radius 2 is 2.03 bits per heavy atom. The molecule has 0 aromatic carbocycles. The van der Waals surface area contributed by atoms with Gasteiger partial charge >= 0.3 is 41.6 Å². The van der Waals surface area contributed by atoms with Crippen LogP contribution in [-0.4, -0.2) is 73.4 Å². The number of anilines is 1. The van der Waals surface area contributed by atoms with E-state index in [1.165, 1.54) is 11.8 Å². The fourth-order valence-corrected chi connectivity index (χ4v) is 5.51. The van der Waals surface area contributed by atoms with E-state index in [1.54, 1.807) is 32.2 Å². The molecule has 1 fully saturated rings. The van der Waals surface area contributed by atoms with Crippen LogP contribution in [0.3, 0.4) is 0 Å². The van der Waals surface area contributed by atoms with E-state index in [9.17, 15) is 29.4 Å². The maximum absolute atomic E-state index is 13.2. The predicted molar refractivity (Wildman–Crippen MR) is 133 cm³/mol. The van der Waals surface area contributed by atoms with Gasteiger partial charge in [-0.05, 0) is 32.3 Å². The van der Waals surface area contributed by atoms with Crippen molar-refractivity contribution in [3.63, 3.8) is 0 Å². The molecule has 11 nitrogen and oxygen atoms in total. The molecule has 0 spiro atoms. The average molecular weight is 549 g/mol. The minimum absolute atomic E-state index is 0. The summed E-state index contributed by atoms with van der Waals surface area (Å²) < 4.78 is 5.22. The summed E-state index contributed by atoms with van der Waals surface area (Å²) in [6.45, 7) is 8.51. The number of aliphatic carboxylic acids is 1. The maximum Gasteiger partial charge on any atom is 1.00 e. The van der Waals surface area contributed by atoms with Crippen LogP contribution in [0.2, 0.25) is 0 Å². The number of β-lactam (4-membered cyclic amide) rings is 1. The third-order valence-corrected chi connectivity index (χ3v) is 6.96. The van der Waals surface area contributed by atoms with Crippen LogP contribution in [0.15, 0.2) is 22.7 Å². The Kier molecular flexibility index (Phi) is 10.2. The first kappa shape index (κ1) is 30.3. The molecule has 0 bridgehead atoms. The van der Waals surface area contributed by atoms with Crippen LogP contribution in [-0.2, 0) is 19.1 Å². The summed E-state index contributed by atoms with van der Waals surface area (Å²) in [7, 11) is 0. The van der Waals surface area contributed by atoms with Gasteiger partial charge in [-0.15, -0.1) is 23.1 Å². The van der Waals surface area contributed by atoms with Gasteiger partial charge in [0.15, 0.2) is 5.13 Å². The van der Waals surface area contributed by atoms with Crippen molar-refractivity contribution in [3.05, 3.63) is 28.4 Å². The van der Waals surface area contributed by atoms with Crippen LogP contribution in [0.25, 0.3) is 5.57 Å². The first-order valence-electron chi connectivity index (χ1n) is 10.8. The second-order valence-electron chi connectivity index (χ2n) is 9.27. The summed E-state index contributed by atoms with van der Waals surface area (Å²) in [5, 5.41) is 25.4. The Morgan fingerprint density at radius 3 is 2.58 bits per heavy atom. The van der Waals surface area contributed by atoms with E-state index in [0.29, 0.717) is 5.69 Å². The van der Waals surface area contributed by atoms with Crippen molar-refractivity contribution in [2.45, 2.75) is 51.6 Å². The SMILES string of the molecule is CC(C)/C=C(/C(=O)N[C@@H]1C(=O)N2C(C(=O)O)=C(CO)CS[C@H]12)c1csc(NC(=O)OC(C)(C)C)n1.[H-].[Na+]. The Hall–Kier alpha value is -1.90. The van der Waals surface area contributed by atoms with Gasteiger partial charge in [-0.1, -0.05) is 19.9 Å². The minimum atomic E-state index is -1.30. The van der Waals surface area contributed by atoms with E-state index >= 15 is 0 Å². The number of allylic oxidation sites excluding steroid dienone is 1. The number of thiazole rings is 1. The number of carbonyl (C=O) groups is 4. The molecule has 2 atom stereocenters. The van der Waals surface area contributed by atoms with Crippen molar-refractivity contribution in [2.24, 2.45) is 5.92 Å². The molecule has 2 aliphatic rings. The number of thioether (sulfide) groups is 1. The van der Waals surface area contributed by atoms with Crippen molar-refractivity contribution in [1.29, 1.82) is 0 Å². The number of aliphatic hydroxyl groups is 1. The molecule has 0 aliphatic carbocycles. The van der Waals surface area contributed by atoms with Crippen molar-refractivity contribution < 1.29 is 65.1 Å². The zero-order valence-corrected chi connectivity index (χ0v) is 24.6.